The Labute approximate surface area is 149 Å². The summed E-state index contributed by atoms with van der Waals surface area (Å²) in [6, 6.07) is 13.6. The first-order valence-corrected chi connectivity index (χ1v) is 8.82. The van der Waals surface area contributed by atoms with Crippen molar-refractivity contribution >= 4 is 11.0 Å². The molecule has 0 saturated carbocycles. The van der Waals surface area contributed by atoms with Crippen molar-refractivity contribution in [2.45, 2.75) is 31.5 Å². The van der Waals surface area contributed by atoms with Gasteiger partial charge in [0.15, 0.2) is 0 Å². The van der Waals surface area contributed by atoms with E-state index in [1.54, 1.807) is 6.07 Å². The molecule has 0 unspecified atom stereocenters. The van der Waals surface area contributed by atoms with Crippen molar-refractivity contribution in [2.24, 2.45) is 0 Å². The van der Waals surface area contributed by atoms with Crippen molar-refractivity contribution in [1.29, 1.82) is 0 Å². The molecule has 0 spiro atoms. The van der Waals surface area contributed by atoms with Gasteiger partial charge in [0.05, 0.1) is 16.6 Å². The van der Waals surface area contributed by atoms with Crippen molar-refractivity contribution in [3.63, 3.8) is 0 Å². The van der Waals surface area contributed by atoms with E-state index in [2.05, 4.69) is 14.9 Å². The molecule has 1 aliphatic heterocycles. The van der Waals surface area contributed by atoms with Crippen molar-refractivity contribution in [2.75, 3.05) is 13.1 Å². The van der Waals surface area contributed by atoms with Gasteiger partial charge in [-0.15, -0.1) is 0 Å². The lowest BCUT2D eigenvalue weighted by Gasteiger charge is -2.31. The third-order valence-electron chi connectivity index (χ3n) is 5.04. The number of likely N-dealkylation sites (tertiary alicyclic amines) is 1. The van der Waals surface area contributed by atoms with Crippen molar-refractivity contribution in [1.82, 2.24) is 14.9 Å². The van der Waals surface area contributed by atoms with Crippen molar-refractivity contribution in [3.8, 4) is 0 Å². The molecular weight excluding hydrogens is 339 g/mol. The maximum Gasteiger partial charge on any atom is 0.416 e. The molecule has 4 rings (SSSR count). The summed E-state index contributed by atoms with van der Waals surface area (Å²) in [6.07, 6.45) is -2.37. The second-order valence-corrected chi connectivity index (χ2v) is 6.89. The van der Waals surface area contributed by atoms with Gasteiger partial charge in [0.2, 0.25) is 0 Å². The van der Waals surface area contributed by atoms with Gasteiger partial charge >= 0.3 is 6.18 Å². The Balaban J connectivity index is 1.39. The number of piperidine rings is 1. The van der Waals surface area contributed by atoms with Gasteiger partial charge in [-0.3, -0.25) is 4.90 Å². The van der Waals surface area contributed by atoms with Crippen LogP contribution in [0.3, 0.4) is 0 Å². The molecule has 136 valence electrons. The van der Waals surface area contributed by atoms with Gasteiger partial charge in [-0.2, -0.15) is 13.2 Å². The van der Waals surface area contributed by atoms with Crippen LogP contribution < -0.4 is 0 Å². The first-order chi connectivity index (χ1) is 12.5. The summed E-state index contributed by atoms with van der Waals surface area (Å²) >= 11 is 0. The van der Waals surface area contributed by atoms with Crippen molar-refractivity contribution < 1.29 is 13.2 Å². The predicted molar refractivity (Wildman–Crippen MR) is 94.8 cm³/mol. The molecule has 1 fully saturated rings. The number of fused-ring (bicyclic) bond motifs is 1. The van der Waals surface area contributed by atoms with E-state index in [-0.39, 0.29) is 0 Å². The number of hydrogen-bond acceptors (Lipinski definition) is 2. The van der Waals surface area contributed by atoms with E-state index < -0.39 is 11.7 Å². The fraction of sp³-hybridized carbons (Fsp3) is 0.350. The molecule has 2 heterocycles. The molecule has 6 heteroatoms. The van der Waals surface area contributed by atoms with Gasteiger partial charge in [0, 0.05) is 12.5 Å². The van der Waals surface area contributed by atoms with E-state index in [1.165, 1.54) is 12.1 Å². The number of para-hydroxylation sites is 2. The van der Waals surface area contributed by atoms with E-state index in [1.807, 2.05) is 24.3 Å². The van der Waals surface area contributed by atoms with Gasteiger partial charge < -0.3 is 4.98 Å². The molecule has 0 bridgehead atoms. The highest BCUT2D eigenvalue weighted by molar-refractivity contribution is 5.74. The van der Waals surface area contributed by atoms with Gasteiger partial charge in [0.25, 0.3) is 0 Å². The number of imidazole rings is 1. The monoisotopic (exact) mass is 359 g/mol. The third kappa shape index (κ3) is 3.60. The predicted octanol–water partition coefficient (Wildman–Crippen LogP) is 4.96. The molecule has 0 amide bonds. The number of H-pyrrole nitrogens is 1. The topological polar surface area (TPSA) is 31.9 Å². The molecule has 1 aromatic heterocycles. The number of aromatic nitrogens is 2. The standard InChI is InChI=1S/C20H20F3N3/c21-20(22,23)16-5-3-4-14(12-16)13-26-10-8-15(9-11-26)19-24-17-6-1-2-7-18(17)25-19/h1-7,12,15H,8-11,13H2,(H,24,25). The molecule has 0 aliphatic carbocycles. The van der Waals surface area contributed by atoms with Gasteiger partial charge in [0.1, 0.15) is 5.82 Å². The SMILES string of the molecule is FC(F)(F)c1cccc(CN2CCC(c3nc4ccccc4[nH]3)CC2)c1. The first kappa shape index (κ1) is 17.1. The van der Waals surface area contributed by atoms with Gasteiger partial charge in [-0.05, 0) is 49.7 Å². The Morgan fingerprint density at radius 1 is 1.04 bits per heavy atom. The Hall–Kier alpha value is -2.34. The number of hydrogen-bond donors (Lipinski definition) is 1. The lowest BCUT2D eigenvalue weighted by atomic mass is 9.95. The minimum Gasteiger partial charge on any atom is -0.342 e. The summed E-state index contributed by atoms with van der Waals surface area (Å²) in [6.45, 7) is 2.27. The van der Waals surface area contributed by atoms with Gasteiger partial charge in [-0.25, -0.2) is 4.98 Å². The number of aromatic amines is 1. The van der Waals surface area contributed by atoms with Crippen LogP contribution in [-0.2, 0) is 12.7 Å². The summed E-state index contributed by atoms with van der Waals surface area (Å²) in [5.74, 6) is 1.39. The smallest absolute Gasteiger partial charge is 0.342 e. The second-order valence-electron chi connectivity index (χ2n) is 6.89. The highest BCUT2D eigenvalue weighted by atomic mass is 19.4. The minimum absolute atomic E-state index is 0.375. The molecule has 0 atom stereocenters. The summed E-state index contributed by atoms with van der Waals surface area (Å²) < 4.78 is 38.5. The number of nitrogens with one attached hydrogen (secondary N) is 1. The summed E-state index contributed by atoms with van der Waals surface area (Å²) in [5, 5.41) is 0. The average Bonchev–Trinajstić information content (AvgIpc) is 3.06. The minimum atomic E-state index is -4.29. The van der Waals surface area contributed by atoms with Crippen LogP contribution in [0.1, 0.15) is 35.7 Å². The molecule has 2 aromatic carbocycles. The molecule has 3 aromatic rings. The lowest BCUT2D eigenvalue weighted by molar-refractivity contribution is -0.137. The van der Waals surface area contributed by atoms with Crippen LogP contribution in [0.5, 0.6) is 0 Å². The van der Waals surface area contributed by atoms with Crippen LogP contribution in [0.15, 0.2) is 48.5 Å². The Morgan fingerprint density at radius 2 is 1.81 bits per heavy atom. The molecule has 0 radical (unpaired) electrons. The van der Waals surface area contributed by atoms with Crippen LogP contribution in [0, 0.1) is 0 Å². The van der Waals surface area contributed by atoms with E-state index in [9.17, 15) is 13.2 Å². The van der Waals surface area contributed by atoms with Crippen molar-refractivity contribution in [3.05, 3.63) is 65.5 Å². The number of nitrogens with zero attached hydrogens (tertiary/aromatic N) is 2. The zero-order valence-electron chi connectivity index (χ0n) is 14.3. The molecule has 1 saturated heterocycles. The van der Waals surface area contributed by atoms with E-state index in [0.717, 1.165) is 48.9 Å². The highest BCUT2D eigenvalue weighted by Gasteiger charge is 2.30. The van der Waals surface area contributed by atoms with Crippen LogP contribution in [0.2, 0.25) is 0 Å². The van der Waals surface area contributed by atoms with E-state index in [0.29, 0.717) is 18.0 Å². The summed E-state index contributed by atoms with van der Waals surface area (Å²) in [7, 11) is 0. The normalized spacial score (nSPS) is 17.0. The van der Waals surface area contributed by atoms with Crippen LogP contribution >= 0.6 is 0 Å². The van der Waals surface area contributed by atoms with E-state index >= 15 is 0 Å². The molecular formula is C20H20F3N3. The molecule has 26 heavy (non-hydrogen) atoms. The fourth-order valence-electron chi connectivity index (χ4n) is 3.63. The quantitative estimate of drug-likeness (QED) is 0.717. The maximum atomic E-state index is 12.8. The number of alkyl halides is 3. The Bertz CT molecular complexity index is 859. The second kappa shape index (κ2) is 6.76. The Morgan fingerprint density at radius 3 is 2.54 bits per heavy atom. The summed E-state index contributed by atoms with van der Waals surface area (Å²) in [4.78, 5) is 10.3. The third-order valence-corrected chi connectivity index (χ3v) is 5.04. The van der Waals surface area contributed by atoms with Gasteiger partial charge in [-0.1, -0.05) is 30.3 Å². The van der Waals surface area contributed by atoms with E-state index in [4.69, 9.17) is 0 Å². The highest BCUT2D eigenvalue weighted by Crippen LogP contribution is 2.31. The van der Waals surface area contributed by atoms with Crippen LogP contribution in [-0.4, -0.2) is 28.0 Å². The molecule has 1 N–H and O–H groups in total. The van der Waals surface area contributed by atoms with Crippen LogP contribution in [0.4, 0.5) is 13.2 Å². The maximum absolute atomic E-state index is 12.8. The largest absolute Gasteiger partial charge is 0.416 e. The summed E-state index contributed by atoms with van der Waals surface area (Å²) in [5.41, 5.74) is 2.16. The number of halogens is 3. The first-order valence-electron chi connectivity index (χ1n) is 8.82. The fourth-order valence-corrected chi connectivity index (χ4v) is 3.63. The molecule has 1 aliphatic rings. The number of rotatable bonds is 3. The zero-order valence-corrected chi connectivity index (χ0v) is 14.3. The number of benzene rings is 2. The van der Waals surface area contributed by atoms with Crippen LogP contribution in [0.25, 0.3) is 11.0 Å². The Kier molecular flexibility index (Phi) is 4.44. The molecule has 3 nitrogen and oxygen atoms in total. The average molecular weight is 359 g/mol. The zero-order chi connectivity index (χ0) is 18.1. The lowest BCUT2D eigenvalue weighted by Crippen LogP contribution is -2.32.